The van der Waals surface area contributed by atoms with E-state index in [1.165, 1.54) is 12.8 Å². The second kappa shape index (κ2) is 7.14. The van der Waals surface area contributed by atoms with E-state index < -0.39 is 0 Å². The standard InChI is InChI=1S/C16H24N4O3/c1-20-15(18-19-16(20)22)8-11-4-2-3-5-14(11)17-9-12-6-7-13(10-21)23-12/h6-7,11,14,17,21H,2-5,8-10H2,1H3,(H,19,22)/t11-,14-/m1/s1. The Bertz CT molecular complexity index is 688. The molecule has 23 heavy (non-hydrogen) atoms. The van der Waals surface area contributed by atoms with E-state index in [1.54, 1.807) is 17.7 Å². The van der Waals surface area contributed by atoms with Crippen molar-refractivity contribution in [1.82, 2.24) is 20.1 Å². The summed E-state index contributed by atoms with van der Waals surface area (Å²) in [6, 6.07) is 4.08. The maximum absolute atomic E-state index is 11.5. The smallest absolute Gasteiger partial charge is 0.343 e. The first-order valence-electron chi connectivity index (χ1n) is 8.19. The molecule has 2 aromatic rings. The summed E-state index contributed by atoms with van der Waals surface area (Å²) in [6.45, 7) is 0.583. The van der Waals surface area contributed by atoms with Crippen LogP contribution in [-0.2, 0) is 26.6 Å². The first-order valence-corrected chi connectivity index (χ1v) is 8.19. The number of hydrogen-bond donors (Lipinski definition) is 3. The molecule has 3 N–H and O–H groups in total. The SMILES string of the molecule is Cn1c(C[C@H]2CCCC[C@H]2NCc2ccc(CO)o2)n[nH]c1=O. The van der Waals surface area contributed by atoms with Crippen LogP contribution in [0.3, 0.4) is 0 Å². The van der Waals surface area contributed by atoms with Crippen molar-refractivity contribution in [2.24, 2.45) is 13.0 Å². The summed E-state index contributed by atoms with van der Waals surface area (Å²) in [4.78, 5) is 11.5. The first-order chi connectivity index (χ1) is 11.2. The molecule has 7 heteroatoms. The zero-order valence-electron chi connectivity index (χ0n) is 13.4. The first kappa shape index (κ1) is 16.0. The van der Waals surface area contributed by atoms with Crippen molar-refractivity contribution in [3.63, 3.8) is 0 Å². The second-order valence-corrected chi connectivity index (χ2v) is 6.27. The molecule has 0 bridgehead atoms. The van der Waals surface area contributed by atoms with Crippen LogP contribution < -0.4 is 11.0 Å². The van der Waals surface area contributed by atoms with Gasteiger partial charge in [0.05, 0.1) is 6.54 Å². The van der Waals surface area contributed by atoms with Crippen molar-refractivity contribution in [3.05, 3.63) is 40.0 Å². The summed E-state index contributed by atoms with van der Waals surface area (Å²) in [7, 11) is 1.76. The quantitative estimate of drug-likeness (QED) is 0.740. The average molecular weight is 320 g/mol. The van der Waals surface area contributed by atoms with Gasteiger partial charge in [0.25, 0.3) is 0 Å². The van der Waals surface area contributed by atoms with Crippen molar-refractivity contribution in [2.45, 2.75) is 51.3 Å². The molecule has 1 fully saturated rings. The molecule has 0 aliphatic heterocycles. The van der Waals surface area contributed by atoms with Crippen LogP contribution in [-0.4, -0.2) is 25.9 Å². The van der Waals surface area contributed by atoms with Crippen molar-refractivity contribution in [2.75, 3.05) is 0 Å². The van der Waals surface area contributed by atoms with Crippen molar-refractivity contribution >= 4 is 0 Å². The van der Waals surface area contributed by atoms with Gasteiger partial charge >= 0.3 is 5.69 Å². The van der Waals surface area contributed by atoms with E-state index in [0.29, 0.717) is 24.3 Å². The maximum Gasteiger partial charge on any atom is 0.343 e. The molecular formula is C16H24N4O3. The third-order valence-electron chi connectivity index (χ3n) is 4.74. The van der Waals surface area contributed by atoms with Gasteiger partial charge in [-0.1, -0.05) is 12.8 Å². The van der Waals surface area contributed by atoms with Gasteiger partial charge in [0.2, 0.25) is 0 Å². The van der Waals surface area contributed by atoms with Crippen molar-refractivity contribution < 1.29 is 9.52 Å². The molecule has 0 unspecified atom stereocenters. The normalized spacial score (nSPS) is 21.7. The summed E-state index contributed by atoms with van der Waals surface area (Å²) in [5, 5.41) is 19.3. The third-order valence-corrected chi connectivity index (χ3v) is 4.74. The number of nitrogens with one attached hydrogen (secondary N) is 2. The molecule has 1 aliphatic carbocycles. The predicted octanol–water partition coefficient (Wildman–Crippen LogP) is 1.08. The topological polar surface area (TPSA) is 96.1 Å². The Labute approximate surface area is 134 Å². The van der Waals surface area contributed by atoms with Crippen LogP contribution >= 0.6 is 0 Å². The van der Waals surface area contributed by atoms with Gasteiger partial charge in [0.15, 0.2) is 0 Å². The minimum Gasteiger partial charge on any atom is -0.462 e. The molecule has 0 radical (unpaired) electrons. The minimum absolute atomic E-state index is 0.0702. The van der Waals surface area contributed by atoms with Gasteiger partial charge in [-0.25, -0.2) is 9.89 Å². The fourth-order valence-corrected chi connectivity index (χ4v) is 3.35. The molecule has 1 saturated carbocycles. The van der Waals surface area contributed by atoms with Gasteiger partial charge in [0, 0.05) is 19.5 Å². The second-order valence-electron chi connectivity index (χ2n) is 6.27. The van der Waals surface area contributed by atoms with E-state index in [1.807, 2.05) is 6.07 Å². The average Bonchev–Trinajstić information content (AvgIpc) is 3.16. The van der Waals surface area contributed by atoms with Crippen LogP contribution in [0.15, 0.2) is 21.3 Å². The van der Waals surface area contributed by atoms with Crippen LogP contribution in [0.4, 0.5) is 0 Å². The number of aliphatic hydroxyl groups is 1. The van der Waals surface area contributed by atoms with E-state index >= 15 is 0 Å². The third kappa shape index (κ3) is 3.73. The Morgan fingerprint density at radius 3 is 2.87 bits per heavy atom. The van der Waals surface area contributed by atoms with Crippen LogP contribution in [0.2, 0.25) is 0 Å². The summed E-state index contributed by atoms with van der Waals surface area (Å²) < 4.78 is 7.11. The Balaban J connectivity index is 1.61. The van der Waals surface area contributed by atoms with Gasteiger partial charge in [-0.15, -0.1) is 0 Å². The van der Waals surface area contributed by atoms with E-state index in [2.05, 4.69) is 15.5 Å². The van der Waals surface area contributed by atoms with Gasteiger partial charge in [0.1, 0.15) is 24.0 Å². The van der Waals surface area contributed by atoms with Gasteiger partial charge in [-0.3, -0.25) is 4.57 Å². The lowest BCUT2D eigenvalue weighted by Crippen LogP contribution is -2.39. The molecule has 3 rings (SSSR count). The van der Waals surface area contributed by atoms with E-state index in [9.17, 15) is 4.79 Å². The van der Waals surface area contributed by atoms with Crippen LogP contribution in [0.1, 0.15) is 43.0 Å². The van der Waals surface area contributed by atoms with E-state index in [4.69, 9.17) is 9.52 Å². The molecule has 0 spiro atoms. The van der Waals surface area contributed by atoms with E-state index in [-0.39, 0.29) is 12.3 Å². The molecule has 2 heterocycles. The summed E-state index contributed by atoms with van der Waals surface area (Å²) in [5.74, 6) is 2.71. The fourth-order valence-electron chi connectivity index (χ4n) is 3.35. The Kier molecular flexibility index (Phi) is 4.97. The summed E-state index contributed by atoms with van der Waals surface area (Å²) in [5.41, 5.74) is -0.160. The molecule has 7 nitrogen and oxygen atoms in total. The number of nitrogens with zero attached hydrogens (tertiary/aromatic N) is 2. The monoisotopic (exact) mass is 320 g/mol. The Morgan fingerprint density at radius 1 is 1.39 bits per heavy atom. The molecule has 126 valence electrons. The lowest BCUT2D eigenvalue weighted by molar-refractivity contribution is 0.233. The zero-order valence-corrected chi connectivity index (χ0v) is 13.4. The zero-order chi connectivity index (χ0) is 16.2. The number of hydrogen-bond acceptors (Lipinski definition) is 5. The van der Waals surface area contributed by atoms with Crippen molar-refractivity contribution in [1.29, 1.82) is 0 Å². The number of H-pyrrole nitrogens is 1. The lowest BCUT2D eigenvalue weighted by Gasteiger charge is -2.32. The van der Waals surface area contributed by atoms with Crippen LogP contribution in [0.5, 0.6) is 0 Å². The maximum atomic E-state index is 11.5. The van der Waals surface area contributed by atoms with Gasteiger partial charge in [-0.2, -0.15) is 5.10 Å². The number of aromatic nitrogens is 3. The van der Waals surface area contributed by atoms with Gasteiger partial charge < -0.3 is 14.8 Å². The highest BCUT2D eigenvalue weighted by Gasteiger charge is 2.26. The number of aromatic amines is 1. The number of rotatable bonds is 6. The van der Waals surface area contributed by atoms with Crippen LogP contribution in [0.25, 0.3) is 0 Å². The highest BCUT2D eigenvalue weighted by Crippen LogP contribution is 2.27. The fraction of sp³-hybridized carbons (Fsp3) is 0.625. The predicted molar refractivity (Wildman–Crippen MR) is 84.7 cm³/mol. The molecular weight excluding hydrogens is 296 g/mol. The molecule has 1 aliphatic rings. The summed E-state index contributed by atoms with van der Waals surface area (Å²) in [6.07, 6.45) is 5.49. The Morgan fingerprint density at radius 2 is 2.17 bits per heavy atom. The molecule has 2 atom stereocenters. The highest BCUT2D eigenvalue weighted by molar-refractivity contribution is 5.06. The molecule has 0 amide bonds. The minimum atomic E-state index is -0.160. The van der Waals surface area contributed by atoms with Crippen molar-refractivity contribution in [3.8, 4) is 0 Å². The molecule has 0 aromatic carbocycles. The van der Waals surface area contributed by atoms with Gasteiger partial charge in [-0.05, 0) is 30.9 Å². The molecule has 0 saturated heterocycles. The Hall–Kier alpha value is -1.86. The van der Waals surface area contributed by atoms with E-state index in [0.717, 1.165) is 30.8 Å². The highest BCUT2D eigenvalue weighted by atomic mass is 16.4. The summed E-state index contributed by atoms with van der Waals surface area (Å²) >= 11 is 0. The molecule has 2 aromatic heterocycles. The largest absolute Gasteiger partial charge is 0.462 e. The number of aliphatic hydroxyl groups excluding tert-OH is 1. The van der Waals surface area contributed by atoms with Crippen LogP contribution in [0, 0.1) is 5.92 Å². The number of furan rings is 1. The lowest BCUT2D eigenvalue weighted by atomic mass is 9.82.